The molecule has 1 saturated heterocycles. The fraction of sp³-hybridized carbons (Fsp3) is 0.222. The number of likely N-dealkylation sites (tertiary alicyclic amines) is 1. The van der Waals surface area contributed by atoms with Gasteiger partial charge in [0.15, 0.2) is 0 Å². The highest BCUT2D eigenvalue weighted by atomic mass is 35.5. The standard InChI is InChI=1S/C18H15ClN2OS2/c19-13-7-5-12(6-8-13)17-20-14(11-24-17)18(22)21-9-1-3-15(21)16-4-2-10-23-16/h2,4-8,10-11,15H,1,3,9H2. The van der Waals surface area contributed by atoms with E-state index in [0.29, 0.717) is 10.7 Å². The molecule has 1 aromatic carbocycles. The molecule has 3 nitrogen and oxygen atoms in total. The third kappa shape index (κ3) is 2.99. The summed E-state index contributed by atoms with van der Waals surface area (Å²) in [5.74, 6) is 0.0300. The van der Waals surface area contributed by atoms with E-state index in [1.807, 2.05) is 40.6 Å². The maximum atomic E-state index is 12.9. The van der Waals surface area contributed by atoms with Crippen molar-refractivity contribution in [2.45, 2.75) is 18.9 Å². The molecule has 3 aromatic rings. The third-order valence-electron chi connectivity index (χ3n) is 4.20. The van der Waals surface area contributed by atoms with Crippen LogP contribution in [0.5, 0.6) is 0 Å². The molecule has 2 aromatic heterocycles. The number of benzene rings is 1. The van der Waals surface area contributed by atoms with Crippen LogP contribution < -0.4 is 0 Å². The van der Waals surface area contributed by atoms with Gasteiger partial charge in [0.1, 0.15) is 10.7 Å². The van der Waals surface area contributed by atoms with Gasteiger partial charge < -0.3 is 4.90 Å². The Morgan fingerprint density at radius 2 is 2.04 bits per heavy atom. The molecule has 122 valence electrons. The van der Waals surface area contributed by atoms with Crippen LogP contribution in [0.25, 0.3) is 10.6 Å². The van der Waals surface area contributed by atoms with E-state index >= 15 is 0 Å². The first-order valence-electron chi connectivity index (χ1n) is 7.78. The zero-order chi connectivity index (χ0) is 16.5. The zero-order valence-electron chi connectivity index (χ0n) is 12.8. The molecule has 1 aliphatic heterocycles. The van der Waals surface area contributed by atoms with E-state index < -0.39 is 0 Å². The van der Waals surface area contributed by atoms with Gasteiger partial charge in [-0.1, -0.05) is 29.8 Å². The summed E-state index contributed by atoms with van der Waals surface area (Å²) in [6.45, 7) is 0.801. The lowest BCUT2D eigenvalue weighted by molar-refractivity contribution is 0.0733. The van der Waals surface area contributed by atoms with Crippen LogP contribution >= 0.6 is 34.3 Å². The Bertz CT molecular complexity index is 842. The zero-order valence-corrected chi connectivity index (χ0v) is 15.2. The third-order valence-corrected chi connectivity index (χ3v) is 6.32. The van der Waals surface area contributed by atoms with Crippen molar-refractivity contribution in [3.05, 3.63) is 62.8 Å². The van der Waals surface area contributed by atoms with Crippen molar-refractivity contribution in [3.63, 3.8) is 0 Å². The largest absolute Gasteiger partial charge is 0.329 e. The van der Waals surface area contributed by atoms with Crippen LogP contribution in [0.15, 0.2) is 47.2 Å². The number of rotatable bonds is 3. The molecule has 24 heavy (non-hydrogen) atoms. The van der Waals surface area contributed by atoms with E-state index in [1.165, 1.54) is 16.2 Å². The molecule has 0 spiro atoms. The molecule has 0 N–H and O–H groups in total. The van der Waals surface area contributed by atoms with Gasteiger partial charge in [-0.15, -0.1) is 22.7 Å². The first-order chi connectivity index (χ1) is 11.7. The van der Waals surface area contributed by atoms with Gasteiger partial charge in [0.05, 0.1) is 6.04 Å². The molecule has 0 bridgehead atoms. The van der Waals surface area contributed by atoms with Crippen molar-refractivity contribution in [1.29, 1.82) is 0 Å². The molecular formula is C18H15ClN2OS2. The minimum atomic E-state index is 0.0300. The van der Waals surface area contributed by atoms with Crippen molar-refractivity contribution < 1.29 is 4.79 Å². The van der Waals surface area contributed by atoms with Crippen molar-refractivity contribution >= 4 is 40.2 Å². The van der Waals surface area contributed by atoms with Gasteiger partial charge in [-0.3, -0.25) is 4.79 Å². The normalized spacial score (nSPS) is 17.4. The average molecular weight is 375 g/mol. The van der Waals surface area contributed by atoms with E-state index in [9.17, 15) is 4.79 Å². The highest BCUT2D eigenvalue weighted by Crippen LogP contribution is 2.36. The van der Waals surface area contributed by atoms with Crippen molar-refractivity contribution in [2.24, 2.45) is 0 Å². The first-order valence-corrected chi connectivity index (χ1v) is 9.92. The monoisotopic (exact) mass is 374 g/mol. The Labute approximate surface area is 153 Å². The van der Waals surface area contributed by atoms with Crippen LogP contribution in [0.2, 0.25) is 5.02 Å². The highest BCUT2D eigenvalue weighted by molar-refractivity contribution is 7.13. The van der Waals surface area contributed by atoms with Gasteiger partial charge in [0.25, 0.3) is 5.91 Å². The Kier molecular flexibility index (Phi) is 4.39. The lowest BCUT2D eigenvalue weighted by Gasteiger charge is -2.22. The summed E-state index contributed by atoms with van der Waals surface area (Å²) in [5.41, 5.74) is 1.52. The maximum absolute atomic E-state index is 12.9. The number of hydrogen-bond donors (Lipinski definition) is 0. The predicted molar refractivity (Wildman–Crippen MR) is 99.9 cm³/mol. The van der Waals surface area contributed by atoms with Crippen molar-refractivity contribution in [2.75, 3.05) is 6.54 Å². The van der Waals surface area contributed by atoms with Crippen molar-refractivity contribution in [3.8, 4) is 10.6 Å². The Balaban J connectivity index is 1.57. The van der Waals surface area contributed by atoms with Gasteiger partial charge in [0.2, 0.25) is 0 Å². The topological polar surface area (TPSA) is 33.2 Å². The molecule has 3 heterocycles. The van der Waals surface area contributed by atoms with Gasteiger partial charge in [-0.25, -0.2) is 4.98 Å². The van der Waals surface area contributed by atoms with Crippen LogP contribution in [0, 0.1) is 0 Å². The van der Waals surface area contributed by atoms with Crippen molar-refractivity contribution in [1.82, 2.24) is 9.88 Å². The smallest absolute Gasteiger partial charge is 0.273 e. The summed E-state index contributed by atoms with van der Waals surface area (Å²) in [7, 11) is 0. The van der Waals surface area contributed by atoms with E-state index in [2.05, 4.69) is 16.4 Å². The Morgan fingerprint density at radius 1 is 1.21 bits per heavy atom. The van der Waals surface area contributed by atoms with Crippen LogP contribution in [0.1, 0.15) is 34.2 Å². The maximum Gasteiger partial charge on any atom is 0.273 e. The molecule has 1 aliphatic rings. The summed E-state index contributed by atoms with van der Waals surface area (Å²) in [6.07, 6.45) is 2.07. The molecule has 1 atom stereocenters. The Morgan fingerprint density at radius 3 is 2.79 bits per heavy atom. The Hall–Kier alpha value is -1.69. The minimum Gasteiger partial charge on any atom is -0.329 e. The van der Waals surface area contributed by atoms with Gasteiger partial charge in [0, 0.05) is 27.4 Å². The second-order valence-electron chi connectivity index (χ2n) is 5.72. The van der Waals surface area contributed by atoms with E-state index in [4.69, 9.17) is 11.6 Å². The van der Waals surface area contributed by atoms with Gasteiger partial charge in [-0.05, 0) is 36.4 Å². The number of halogens is 1. The van der Waals surface area contributed by atoms with Gasteiger partial charge >= 0.3 is 0 Å². The lowest BCUT2D eigenvalue weighted by atomic mass is 10.2. The lowest BCUT2D eigenvalue weighted by Crippen LogP contribution is -2.30. The minimum absolute atomic E-state index is 0.0300. The molecule has 0 saturated carbocycles. The van der Waals surface area contributed by atoms with E-state index in [0.717, 1.165) is 30.0 Å². The summed E-state index contributed by atoms with van der Waals surface area (Å²) in [5, 5.41) is 5.47. The number of thiophene rings is 1. The fourth-order valence-corrected chi connectivity index (χ4v) is 4.83. The quantitative estimate of drug-likeness (QED) is 0.606. The number of nitrogens with zero attached hydrogens (tertiary/aromatic N) is 2. The number of carbonyl (C=O) groups excluding carboxylic acids is 1. The number of carbonyl (C=O) groups is 1. The number of hydrogen-bond acceptors (Lipinski definition) is 4. The van der Waals surface area contributed by atoms with Gasteiger partial charge in [-0.2, -0.15) is 0 Å². The predicted octanol–water partition coefficient (Wildman–Crippen LogP) is 5.50. The van der Waals surface area contributed by atoms with E-state index in [-0.39, 0.29) is 11.9 Å². The molecule has 0 aliphatic carbocycles. The second-order valence-corrected chi connectivity index (χ2v) is 7.99. The molecular weight excluding hydrogens is 360 g/mol. The SMILES string of the molecule is O=C(c1csc(-c2ccc(Cl)cc2)n1)N1CCCC1c1cccs1. The number of aromatic nitrogens is 1. The average Bonchev–Trinajstić information content (AvgIpc) is 3.34. The second kappa shape index (κ2) is 6.67. The molecule has 4 rings (SSSR count). The number of thiazole rings is 1. The van der Waals surface area contributed by atoms with Crippen LogP contribution in [0.3, 0.4) is 0 Å². The molecule has 0 radical (unpaired) electrons. The summed E-state index contributed by atoms with van der Waals surface area (Å²) in [6, 6.07) is 11.9. The summed E-state index contributed by atoms with van der Waals surface area (Å²) >= 11 is 9.14. The van der Waals surface area contributed by atoms with E-state index in [1.54, 1.807) is 11.3 Å². The molecule has 6 heteroatoms. The van der Waals surface area contributed by atoms with Crippen LogP contribution in [-0.2, 0) is 0 Å². The summed E-state index contributed by atoms with van der Waals surface area (Å²) < 4.78 is 0. The van der Waals surface area contributed by atoms with Crippen LogP contribution in [0.4, 0.5) is 0 Å². The summed E-state index contributed by atoms with van der Waals surface area (Å²) in [4.78, 5) is 20.7. The fourth-order valence-electron chi connectivity index (χ4n) is 3.03. The molecule has 1 amide bonds. The highest BCUT2D eigenvalue weighted by Gasteiger charge is 2.32. The molecule has 1 unspecified atom stereocenters. The van der Waals surface area contributed by atoms with Crippen LogP contribution in [-0.4, -0.2) is 22.3 Å². The molecule has 1 fully saturated rings. The number of amides is 1. The first kappa shape index (κ1) is 15.8.